The Balaban J connectivity index is 1.85. The predicted molar refractivity (Wildman–Crippen MR) is 171 cm³/mol. The monoisotopic (exact) mass is 532 g/mol. The molecule has 0 saturated heterocycles. The molecule has 4 nitrogen and oxygen atoms in total. The van der Waals surface area contributed by atoms with Crippen LogP contribution >= 0.6 is 0 Å². The molecule has 40 heavy (non-hydrogen) atoms. The second kappa shape index (κ2) is 10.2. The summed E-state index contributed by atoms with van der Waals surface area (Å²) in [7, 11) is 0. The maximum Gasteiger partial charge on any atom is 0.0738 e. The van der Waals surface area contributed by atoms with Gasteiger partial charge in [0.15, 0.2) is 0 Å². The molecule has 0 saturated carbocycles. The Morgan fingerprint density at radius 2 is 0.950 bits per heavy atom. The van der Waals surface area contributed by atoms with E-state index in [9.17, 15) is 0 Å². The van der Waals surface area contributed by atoms with E-state index in [-0.39, 0.29) is 0 Å². The van der Waals surface area contributed by atoms with Gasteiger partial charge in [0.25, 0.3) is 0 Å². The third-order valence-corrected chi connectivity index (χ3v) is 9.58. The maximum absolute atomic E-state index is 5.40. The van der Waals surface area contributed by atoms with Crippen LogP contribution in [0, 0.1) is 0 Å². The van der Waals surface area contributed by atoms with E-state index in [1.807, 2.05) is 0 Å². The van der Waals surface area contributed by atoms with Gasteiger partial charge in [0.2, 0.25) is 0 Å². The fourth-order valence-electron chi connectivity index (χ4n) is 7.72. The smallest absolute Gasteiger partial charge is 0.0738 e. The van der Waals surface area contributed by atoms with Gasteiger partial charge in [-0.25, -0.2) is 9.97 Å². The normalized spacial score (nSPS) is 16.2. The molecule has 0 fully saturated rings. The first-order chi connectivity index (χ1) is 19.4. The minimum atomic E-state index is 0.354. The Hall–Kier alpha value is -3.40. The molecule has 8 bridgehead atoms. The van der Waals surface area contributed by atoms with Gasteiger partial charge in [-0.1, -0.05) is 55.4 Å². The molecule has 0 aromatic carbocycles. The Bertz CT molecular complexity index is 1750. The molecular weight excluding hydrogens is 488 g/mol. The molecule has 2 aliphatic heterocycles. The molecule has 0 amide bonds. The fourth-order valence-corrected chi connectivity index (χ4v) is 7.72. The SMILES string of the molecule is CCC1=C(CC)c2nc1cc1[nH]c(cc3[nH]c(cc4nc5c2C(C)C5=C4CC)c(CC)c3CC)c(CC)c1CC. The molecule has 4 heteroatoms. The van der Waals surface area contributed by atoms with Crippen LogP contribution in [0.15, 0.2) is 18.2 Å². The molecule has 5 heterocycles. The molecule has 6 rings (SSSR count). The maximum atomic E-state index is 5.40. The molecule has 1 aliphatic carbocycles. The Morgan fingerprint density at radius 3 is 1.40 bits per heavy atom. The highest BCUT2D eigenvalue weighted by atomic mass is 14.8. The van der Waals surface area contributed by atoms with Crippen LogP contribution in [0.3, 0.4) is 0 Å². The predicted octanol–water partition coefficient (Wildman–Crippen LogP) is 9.73. The van der Waals surface area contributed by atoms with Crippen molar-refractivity contribution in [3.63, 3.8) is 0 Å². The van der Waals surface area contributed by atoms with Crippen molar-refractivity contribution in [2.45, 2.75) is 106 Å². The lowest BCUT2D eigenvalue weighted by molar-refractivity contribution is 0.884. The molecule has 3 aromatic heterocycles. The van der Waals surface area contributed by atoms with Gasteiger partial charge < -0.3 is 9.97 Å². The van der Waals surface area contributed by atoms with Gasteiger partial charge in [-0.2, -0.15) is 0 Å². The number of rotatable bonds is 7. The van der Waals surface area contributed by atoms with Crippen LogP contribution in [0.2, 0.25) is 0 Å². The third-order valence-electron chi connectivity index (χ3n) is 9.58. The van der Waals surface area contributed by atoms with E-state index in [4.69, 9.17) is 9.97 Å². The number of nitrogens with one attached hydrogen (secondary N) is 2. The van der Waals surface area contributed by atoms with E-state index >= 15 is 0 Å². The average Bonchev–Trinajstić information content (AvgIpc) is 3.67. The summed E-state index contributed by atoms with van der Waals surface area (Å²) < 4.78 is 0. The first-order valence-corrected chi connectivity index (χ1v) is 15.7. The third kappa shape index (κ3) is 3.71. The van der Waals surface area contributed by atoms with E-state index in [1.54, 1.807) is 0 Å². The summed E-state index contributed by atoms with van der Waals surface area (Å²) in [6.45, 7) is 18.3. The van der Waals surface area contributed by atoms with Crippen molar-refractivity contribution in [1.82, 2.24) is 19.9 Å². The number of fused-ring (bicyclic) bond motifs is 8. The zero-order chi connectivity index (χ0) is 28.3. The number of H-pyrrole nitrogens is 2. The van der Waals surface area contributed by atoms with E-state index in [1.165, 1.54) is 83.6 Å². The van der Waals surface area contributed by atoms with Crippen LogP contribution in [-0.2, 0) is 25.7 Å². The minimum Gasteiger partial charge on any atom is -0.355 e. The topological polar surface area (TPSA) is 57.4 Å². The second-order valence-electron chi connectivity index (χ2n) is 11.4. The summed E-state index contributed by atoms with van der Waals surface area (Å²) >= 11 is 0. The van der Waals surface area contributed by atoms with E-state index in [0.717, 1.165) is 56.3 Å². The number of aryl methyl sites for hydroxylation is 4. The van der Waals surface area contributed by atoms with Crippen molar-refractivity contribution >= 4 is 44.4 Å². The molecule has 3 aliphatic rings. The second-order valence-corrected chi connectivity index (χ2v) is 11.4. The van der Waals surface area contributed by atoms with Gasteiger partial charge in [-0.3, -0.25) is 0 Å². The van der Waals surface area contributed by atoms with Gasteiger partial charge in [-0.15, -0.1) is 0 Å². The van der Waals surface area contributed by atoms with Gasteiger partial charge in [0, 0.05) is 33.5 Å². The van der Waals surface area contributed by atoms with Crippen molar-refractivity contribution in [2.75, 3.05) is 0 Å². The minimum absolute atomic E-state index is 0.354. The van der Waals surface area contributed by atoms with Gasteiger partial charge in [0.05, 0.1) is 22.8 Å². The summed E-state index contributed by atoms with van der Waals surface area (Å²) in [6.07, 6.45) is 6.96. The molecule has 3 aromatic rings. The summed E-state index contributed by atoms with van der Waals surface area (Å²) in [4.78, 5) is 18.4. The molecule has 2 N–H and O–H groups in total. The summed E-state index contributed by atoms with van der Waals surface area (Å²) in [5.41, 5.74) is 22.1. The molecule has 1 unspecified atom stereocenters. The average molecular weight is 533 g/mol. The van der Waals surface area contributed by atoms with Crippen LogP contribution in [0.1, 0.15) is 131 Å². The summed E-state index contributed by atoms with van der Waals surface area (Å²) in [5.74, 6) is 0.354. The lowest BCUT2D eigenvalue weighted by atomic mass is 9.73. The van der Waals surface area contributed by atoms with Gasteiger partial charge in [0.1, 0.15) is 0 Å². The summed E-state index contributed by atoms with van der Waals surface area (Å²) in [6, 6.07) is 7.03. The van der Waals surface area contributed by atoms with Crippen LogP contribution < -0.4 is 0 Å². The first-order valence-electron chi connectivity index (χ1n) is 15.7. The van der Waals surface area contributed by atoms with Crippen molar-refractivity contribution in [1.29, 1.82) is 0 Å². The first kappa shape index (κ1) is 26.8. The van der Waals surface area contributed by atoms with Crippen molar-refractivity contribution < 1.29 is 0 Å². The Labute approximate surface area is 239 Å². The zero-order valence-electron chi connectivity index (χ0n) is 25.7. The van der Waals surface area contributed by atoms with Crippen molar-refractivity contribution in [2.24, 2.45) is 0 Å². The van der Waals surface area contributed by atoms with E-state index < -0.39 is 0 Å². The van der Waals surface area contributed by atoms with Gasteiger partial charge in [-0.05, 0) is 108 Å². The lowest BCUT2D eigenvalue weighted by Gasteiger charge is -2.29. The molecule has 208 valence electrons. The number of allylic oxidation sites excluding steroid dienone is 4. The number of aromatic nitrogens is 4. The van der Waals surface area contributed by atoms with Crippen molar-refractivity contribution in [3.05, 3.63) is 68.8 Å². The largest absolute Gasteiger partial charge is 0.355 e. The van der Waals surface area contributed by atoms with Crippen molar-refractivity contribution in [3.8, 4) is 0 Å². The Kier molecular flexibility index (Phi) is 6.84. The van der Waals surface area contributed by atoms with Crippen LogP contribution in [0.4, 0.5) is 0 Å². The molecular formula is C36H44N4. The number of hydrogen-bond donors (Lipinski definition) is 2. The fraction of sp³-hybridized carbons (Fsp3) is 0.444. The quantitative estimate of drug-likeness (QED) is 0.318. The summed E-state index contributed by atoms with van der Waals surface area (Å²) in [5, 5.41) is 0. The zero-order valence-corrected chi connectivity index (χ0v) is 25.7. The number of hydrogen-bond acceptors (Lipinski definition) is 2. The highest BCUT2D eigenvalue weighted by molar-refractivity contribution is 6.04. The lowest BCUT2D eigenvalue weighted by Crippen LogP contribution is -2.15. The van der Waals surface area contributed by atoms with Gasteiger partial charge >= 0.3 is 0 Å². The highest BCUT2D eigenvalue weighted by Crippen LogP contribution is 2.54. The number of nitrogens with zero attached hydrogens (tertiary/aromatic N) is 2. The Morgan fingerprint density at radius 1 is 0.525 bits per heavy atom. The van der Waals surface area contributed by atoms with E-state index in [2.05, 4.69) is 83.6 Å². The molecule has 0 spiro atoms. The van der Waals surface area contributed by atoms with E-state index in [0.29, 0.717) is 5.92 Å². The van der Waals surface area contributed by atoms with Crippen LogP contribution in [0.25, 0.3) is 44.4 Å². The van der Waals surface area contributed by atoms with Crippen LogP contribution in [0.5, 0.6) is 0 Å². The molecule has 1 atom stereocenters. The number of aromatic amines is 2. The molecule has 0 radical (unpaired) electrons. The standard InChI is InChI=1S/C36H44N4/c1-9-20-22(11-3)29-17-31-24(13-5)25(14-6)35(39-31)34-19(8)33-26(15-7)32(40-36(33)34)18-30-23(12-4)21(10-2)28(38-30)16-27(20)37-29/h16-19,37-38H,9-15H2,1-8H3. The highest BCUT2D eigenvalue weighted by Gasteiger charge is 2.40. The van der Waals surface area contributed by atoms with Crippen LogP contribution in [-0.4, -0.2) is 19.9 Å².